The smallest absolute Gasteiger partial charge is 0.226 e. The molecule has 9 nitrogen and oxygen atoms in total. The lowest BCUT2D eigenvalue weighted by molar-refractivity contribution is -0.120. The summed E-state index contributed by atoms with van der Waals surface area (Å²) in [6.45, 7) is 3.81. The van der Waals surface area contributed by atoms with Crippen molar-refractivity contribution in [2.45, 2.75) is 19.8 Å². The molecule has 4 rings (SSSR count). The Morgan fingerprint density at radius 2 is 2.15 bits per heavy atom. The third-order valence-electron chi connectivity index (χ3n) is 4.62. The second-order valence-electron chi connectivity index (χ2n) is 6.40. The minimum absolute atomic E-state index is 0.0637. The van der Waals surface area contributed by atoms with E-state index in [2.05, 4.69) is 41.4 Å². The number of amides is 1. The highest BCUT2D eigenvalue weighted by atomic mass is 79.9. The average Bonchev–Trinajstić information content (AvgIpc) is 3.01. The van der Waals surface area contributed by atoms with Gasteiger partial charge in [-0.1, -0.05) is 0 Å². The van der Waals surface area contributed by atoms with E-state index in [4.69, 9.17) is 15.3 Å². The van der Waals surface area contributed by atoms with E-state index in [0.717, 1.165) is 27.2 Å². The number of nitrogens with one attached hydrogen (secondary N) is 1. The van der Waals surface area contributed by atoms with Gasteiger partial charge in [0.15, 0.2) is 5.52 Å². The molecular formula is C17H18BrN7O2. The molecular weight excluding hydrogens is 414 g/mol. The van der Waals surface area contributed by atoms with Crippen LogP contribution in [0.5, 0.6) is 0 Å². The molecule has 140 valence electrons. The molecule has 4 heterocycles. The third-order valence-corrected chi connectivity index (χ3v) is 5.24. The second-order valence-corrected chi connectivity index (χ2v) is 7.25. The van der Waals surface area contributed by atoms with Gasteiger partial charge in [-0.2, -0.15) is 0 Å². The Morgan fingerprint density at radius 3 is 3.00 bits per heavy atom. The number of rotatable bonds is 3. The summed E-state index contributed by atoms with van der Waals surface area (Å²) in [7, 11) is 0. The van der Waals surface area contributed by atoms with Crippen LogP contribution in [0.15, 0.2) is 21.2 Å². The molecule has 1 saturated heterocycles. The van der Waals surface area contributed by atoms with Gasteiger partial charge in [0.25, 0.3) is 0 Å². The summed E-state index contributed by atoms with van der Waals surface area (Å²) >= 11 is 3.57. The molecule has 1 fully saturated rings. The maximum absolute atomic E-state index is 11.6. The predicted molar refractivity (Wildman–Crippen MR) is 103 cm³/mol. The van der Waals surface area contributed by atoms with Crippen molar-refractivity contribution in [3.05, 3.63) is 33.6 Å². The van der Waals surface area contributed by atoms with Gasteiger partial charge in [0.2, 0.25) is 11.6 Å². The number of carbonyl (C=O) groups is 1. The van der Waals surface area contributed by atoms with Crippen LogP contribution in [0.25, 0.3) is 11.2 Å². The van der Waals surface area contributed by atoms with E-state index in [9.17, 15) is 4.79 Å². The Morgan fingerprint density at radius 1 is 1.30 bits per heavy atom. The number of carbonyl (C=O) groups excluding carboxylic acids is 1. The van der Waals surface area contributed by atoms with Crippen LogP contribution in [0.2, 0.25) is 0 Å². The standard InChI is InChI=1S/C17H18BrN7O2/c1-9-11(14(19)15-16(21-9)24-27-23-15)8-10-2-3-12(18)17(22-10)25-6-4-13(26)20-5-7-25/h2-3H,4-8,19H2,1H3,(H,20,26). The number of anilines is 2. The number of aromatic nitrogens is 4. The van der Waals surface area contributed by atoms with Gasteiger partial charge in [0, 0.05) is 49.4 Å². The third kappa shape index (κ3) is 3.44. The van der Waals surface area contributed by atoms with Crippen LogP contribution in [0.4, 0.5) is 11.5 Å². The summed E-state index contributed by atoms with van der Waals surface area (Å²) in [5, 5.41) is 10.5. The second kappa shape index (κ2) is 7.10. The number of hydrogen-bond acceptors (Lipinski definition) is 8. The molecule has 3 aromatic heterocycles. The molecule has 0 unspecified atom stereocenters. The van der Waals surface area contributed by atoms with Crippen molar-refractivity contribution in [2.24, 2.45) is 0 Å². The van der Waals surface area contributed by atoms with Crippen LogP contribution in [-0.4, -0.2) is 45.8 Å². The van der Waals surface area contributed by atoms with Crippen LogP contribution >= 0.6 is 15.9 Å². The topological polar surface area (TPSA) is 123 Å². The average molecular weight is 432 g/mol. The van der Waals surface area contributed by atoms with Gasteiger partial charge in [0.05, 0.1) is 10.2 Å². The summed E-state index contributed by atoms with van der Waals surface area (Å²) in [4.78, 5) is 22.9. The molecule has 0 aliphatic carbocycles. The largest absolute Gasteiger partial charge is 0.396 e. The minimum Gasteiger partial charge on any atom is -0.396 e. The normalized spacial score (nSPS) is 15.0. The monoisotopic (exact) mass is 431 g/mol. The highest BCUT2D eigenvalue weighted by Gasteiger charge is 2.19. The number of nitrogens with zero attached hydrogens (tertiary/aromatic N) is 5. The van der Waals surface area contributed by atoms with Crippen molar-refractivity contribution in [3.8, 4) is 0 Å². The lowest BCUT2D eigenvalue weighted by atomic mass is 10.1. The summed E-state index contributed by atoms with van der Waals surface area (Å²) < 4.78 is 5.62. The maximum Gasteiger partial charge on any atom is 0.226 e. The number of aryl methyl sites for hydroxylation is 1. The molecule has 0 aromatic carbocycles. The van der Waals surface area contributed by atoms with E-state index >= 15 is 0 Å². The van der Waals surface area contributed by atoms with Crippen molar-refractivity contribution in [2.75, 3.05) is 30.3 Å². The number of nitrogens with two attached hydrogens (primary N) is 1. The van der Waals surface area contributed by atoms with Gasteiger partial charge in [-0.25, -0.2) is 14.6 Å². The summed E-state index contributed by atoms with van der Waals surface area (Å²) in [5.41, 5.74) is 10.1. The van der Waals surface area contributed by atoms with Crippen molar-refractivity contribution in [3.63, 3.8) is 0 Å². The zero-order valence-electron chi connectivity index (χ0n) is 14.7. The van der Waals surface area contributed by atoms with Gasteiger partial charge in [0.1, 0.15) is 5.82 Å². The Labute approximate surface area is 163 Å². The van der Waals surface area contributed by atoms with Crippen LogP contribution in [0, 0.1) is 6.92 Å². The van der Waals surface area contributed by atoms with Crippen LogP contribution in [0.1, 0.15) is 23.4 Å². The lowest BCUT2D eigenvalue weighted by Crippen LogP contribution is -2.29. The molecule has 0 atom stereocenters. The first-order valence-corrected chi connectivity index (χ1v) is 9.36. The minimum atomic E-state index is 0.0637. The first-order valence-electron chi connectivity index (χ1n) is 8.57. The first kappa shape index (κ1) is 17.7. The van der Waals surface area contributed by atoms with Gasteiger partial charge in [-0.05, 0) is 45.3 Å². The van der Waals surface area contributed by atoms with Crippen molar-refractivity contribution in [1.29, 1.82) is 0 Å². The number of fused-ring (bicyclic) bond motifs is 1. The molecule has 3 N–H and O–H groups in total. The van der Waals surface area contributed by atoms with E-state index < -0.39 is 0 Å². The van der Waals surface area contributed by atoms with E-state index in [1.807, 2.05) is 19.1 Å². The predicted octanol–water partition coefficient (Wildman–Crippen LogP) is 1.58. The van der Waals surface area contributed by atoms with Crippen molar-refractivity contribution in [1.82, 2.24) is 25.6 Å². The highest BCUT2D eigenvalue weighted by molar-refractivity contribution is 9.10. The van der Waals surface area contributed by atoms with E-state index in [0.29, 0.717) is 49.3 Å². The molecule has 27 heavy (non-hydrogen) atoms. The molecule has 3 aromatic rings. The van der Waals surface area contributed by atoms with Gasteiger partial charge in [-0.15, -0.1) is 0 Å². The molecule has 10 heteroatoms. The molecule has 1 amide bonds. The van der Waals surface area contributed by atoms with E-state index in [1.165, 1.54) is 0 Å². The zero-order chi connectivity index (χ0) is 19.0. The Balaban J connectivity index is 1.66. The highest BCUT2D eigenvalue weighted by Crippen LogP contribution is 2.28. The Kier molecular flexibility index (Phi) is 4.65. The molecule has 0 spiro atoms. The SMILES string of the molecule is Cc1nc2nonc2c(N)c1Cc1ccc(Br)c(N2CCNC(=O)CC2)n1. The zero-order valence-corrected chi connectivity index (χ0v) is 16.3. The summed E-state index contributed by atoms with van der Waals surface area (Å²) in [6, 6.07) is 3.91. The first-order chi connectivity index (χ1) is 13.0. The van der Waals surface area contributed by atoms with Crippen molar-refractivity contribution >= 4 is 44.5 Å². The van der Waals surface area contributed by atoms with Gasteiger partial charge < -0.3 is 16.0 Å². The van der Waals surface area contributed by atoms with Crippen molar-refractivity contribution < 1.29 is 9.42 Å². The molecule has 0 saturated carbocycles. The molecule has 1 aliphatic heterocycles. The van der Waals surface area contributed by atoms with Crippen LogP contribution < -0.4 is 16.0 Å². The quantitative estimate of drug-likeness (QED) is 0.640. The fourth-order valence-corrected chi connectivity index (χ4v) is 3.64. The maximum atomic E-state index is 11.6. The number of pyridine rings is 2. The van der Waals surface area contributed by atoms with Gasteiger partial charge >= 0.3 is 0 Å². The number of nitrogen functional groups attached to an aromatic ring is 1. The molecule has 0 bridgehead atoms. The van der Waals surface area contributed by atoms with Crippen LogP contribution in [0.3, 0.4) is 0 Å². The van der Waals surface area contributed by atoms with Crippen LogP contribution in [-0.2, 0) is 11.2 Å². The fraction of sp³-hybridized carbons (Fsp3) is 0.353. The summed E-state index contributed by atoms with van der Waals surface area (Å²) in [5.74, 6) is 0.881. The van der Waals surface area contributed by atoms with E-state index in [1.54, 1.807) is 0 Å². The Hall–Kier alpha value is -2.75. The summed E-state index contributed by atoms with van der Waals surface area (Å²) in [6.07, 6.45) is 0.961. The molecule has 1 aliphatic rings. The van der Waals surface area contributed by atoms with Gasteiger partial charge in [-0.3, -0.25) is 4.79 Å². The molecule has 0 radical (unpaired) electrons. The fourth-order valence-electron chi connectivity index (χ4n) is 3.16. The lowest BCUT2D eigenvalue weighted by Gasteiger charge is -2.22. The van der Waals surface area contributed by atoms with E-state index in [-0.39, 0.29) is 5.91 Å². The Bertz CT molecular complexity index is 1020. The number of halogens is 1. The number of hydrogen-bond donors (Lipinski definition) is 2.